The van der Waals surface area contributed by atoms with Crippen LogP contribution in [0.2, 0.25) is 0 Å². The smallest absolute Gasteiger partial charge is 0.319 e. The number of carbonyl (C=O) groups is 1. The molecule has 0 saturated carbocycles. The lowest BCUT2D eigenvalue weighted by Crippen LogP contribution is -2.48. The van der Waals surface area contributed by atoms with E-state index in [4.69, 9.17) is 4.74 Å². The molecule has 9 nitrogen and oxygen atoms in total. The second-order valence-corrected chi connectivity index (χ2v) is 12.5. The van der Waals surface area contributed by atoms with Crippen LogP contribution in [0.25, 0.3) is 32.9 Å². The first-order valence-electron chi connectivity index (χ1n) is 15.1. The highest BCUT2D eigenvalue weighted by Gasteiger charge is 2.50. The van der Waals surface area contributed by atoms with Crippen molar-refractivity contribution in [1.29, 1.82) is 0 Å². The Bertz CT molecular complexity index is 1860. The molecule has 2 bridgehead atoms. The zero-order chi connectivity index (χ0) is 30.3. The van der Waals surface area contributed by atoms with E-state index in [1.807, 2.05) is 11.8 Å². The topological polar surface area (TPSA) is 104 Å². The number of amides is 1. The van der Waals surface area contributed by atoms with Gasteiger partial charge in [-0.3, -0.25) is 14.7 Å². The SMILES string of the molecule is CCc1c(F)ccc2cc(O)cc(-c3ncc4c(N5C[C@H]6C[C@@H]5C(=O)N6)nc(OCC56CCCN5C[C@H](F)C6)nc4c3F)c12. The Morgan fingerprint density at radius 3 is 2.86 bits per heavy atom. The summed E-state index contributed by atoms with van der Waals surface area (Å²) < 4.78 is 52.2. The molecule has 44 heavy (non-hydrogen) atoms. The van der Waals surface area contributed by atoms with E-state index in [0.717, 1.165) is 19.4 Å². The van der Waals surface area contributed by atoms with Crippen molar-refractivity contribution in [1.82, 2.24) is 25.2 Å². The number of phenolic OH excluding ortho intramolecular Hbond substituents is 1. The maximum atomic E-state index is 16.7. The van der Waals surface area contributed by atoms with E-state index in [1.165, 1.54) is 24.4 Å². The molecule has 2 aromatic heterocycles. The summed E-state index contributed by atoms with van der Waals surface area (Å²) >= 11 is 0. The number of alkyl halides is 1. The molecule has 0 aliphatic carbocycles. The first-order valence-corrected chi connectivity index (χ1v) is 15.1. The molecule has 0 spiro atoms. The number of pyridine rings is 1. The van der Waals surface area contributed by atoms with E-state index in [1.54, 1.807) is 6.07 Å². The highest BCUT2D eigenvalue weighted by atomic mass is 19.1. The Labute approximate surface area is 251 Å². The first kappa shape index (κ1) is 27.4. The Balaban J connectivity index is 1.29. The van der Waals surface area contributed by atoms with Crippen LogP contribution in [0.15, 0.2) is 30.5 Å². The number of carbonyl (C=O) groups excluding carboxylic acids is 1. The number of benzene rings is 2. The molecule has 4 fully saturated rings. The molecule has 228 valence electrons. The van der Waals surface area contributed by atoms with Crippen LogP contribution in [-0.2, 0) is 11.2 Å². The van der Waals surface area contributed by atoms with Gasteiger partial charge in [-0.1, -0.05) is 13.0 Å². The monoisotopic (exact) mass is 604 g/mol. The molecular formula is C32H31F3N6O3. The molecule has 4 aliphatic heterocycles. The summed E-state index contributed by atoms with van der Waals surface area (Å²) in [4.78, 5) is 30.2. The van der Waals surface area contributed by atoms with Crippen molar-refractivity contribution in [3.05, 3.63) is 47.7 Å². The Morgan fingerprint density at radius 2 is 2.07 bits per heavy atom. The van der Waals surface area contributed by atoms with Crippen LogP contribution in [0.4, 0.5) is 19.0 Å². The number of hydrogen-bond donors (Lipinski definition) is 2. The average molecular weight is 605 g/mol. The van der Waals surface area contributed by atoms with Gasteiger partial charge in [0.05, 0.1) is 10.9 Å². The van der Waals surface area contributed by atoms with Gasteiger partial charge in [0.2, 0.25) is 5.91 Å². The summed E-state index contributed by atoms with van der Waals surface area (Å²) in [5.74, 6) is -1.12. The number of hydrogen-bond acceptors (Lipinski definition) is 8. The van der Waals surface area contributed by atoms with Gasteiger partial charge in [-0.05, 0) is 66.8 Å². The molecule has 1 unspecified atom stereocenters. The molecule has 4 atom stereocenters. The van der Waals surface area contributed by atoms with Crippen molar-refractivity contribution in [2.45, 2.75) is 62.8 Å². The van der Waals surface area contributed by atoms with Gasteiger partial charge in [-0.15, -0.1) is 0 Å². The van der Waals surface area contributed by atoms with Crippen LogP contribution in [0.1, 0.15) is 38.2 Å². The molecule has 12 heteroatoms. The number of ether oxygens (including phenoxy) is 1. The van der Waals surface area contributed by atoms with Crippen molar-refractivity contribution >= 4 is 33.4 Å². The number of anilines is 1. The average Bonchev–Trinajstić information content (AvgIpc) is 3.75. The maximum absolute atomic E-state index is 16.7. The lowest BCUT2D eigenvalue weighted by molar-refractivity contribution is -0.121. The van der Waals surface area contributed by atoms with E-state index < -0.39 is 29.4 Å². The van der Waals surface area contributed by atoms with Crippen LogP contribution in [-0.4, -0.2) is 80.9 Å². The van der Waals surface area contributed by atoms with Crippen molar-refractivity contribution < 1.29 is 27.8 Å². The number of aromatic nitrogens is 3. The maximum Gasteiger partial charge on any atom is 0.319 e. The van der Waals surface area contributed by atoms with E-state index in [0.29, 0.717) is 59.9 Å². The quantitative estimate of drug-likeness (QED) is 0.334. The zero-order valence-corrected chi connectivity index (χ0v) is 24.1. The van der Waals surface area contributed by atoms with E-state index in [-0.39, 0.29) is 47.1 Å². The highest BCUT2D eigenvalue weighted by Crippen LogP contribution is 2.42. The molecule has 8 rings (SSSR count). The first-order chi connectivity index (χ1) is 21.2. The molecule has 1 amide bonds. The van der Waals surface area contributed by atoms with Gasteiger partial charge in [0.1, 0.15) is 47.4 Å². The molecule has 2 N–H and O–H groups in total. The van der Waals surface area contributed by atoms with Gasteiger partial charge >= 0.3 is 6.01 Å². The minimum absolute atomic E-state index is 0.0501. The zero-order valence-electron chi connectivity index (χ0n) is 24.1. The number of rotatable bonds is 6. The van der Waals surface area contributed by atoms with E-state index in [9.17, 15) is 18.7 Å². The number of piperazine rings is 1. The Morgan fingerprint density at radius 1 is 1.20 bits per heavy atom. The second kappa shape index (κ2) is 9.91. The normalized spacial score (nSPS) is 26.2. The van der Waals surface area contributed by atoms with Crippen LogP contribution in [0.5, 0.6) is 11.8 Å². The lowest BCUT2D eigenvalue weighted by Gasteiger charge is -2.31. The summed E-state index contributed by atoms with van der Waals surface area (Å²) in [6, 6.07) is 5.17. The predicted molar refractivity (Wildman–Crippen MR) is 157 cm³/mol. The third kappa shape index (κ3) is 4.10. The van der Waals surface area contributed by atoms with E-state index >= 15 is 4.39 Å². The molecular weight excluding hydrogens is 573 g/mol. The van der Waals surface area contributed by atoms with Crippen LogP contribution < -0.4 is 15.0 Å². The third-order valence-corrected chi connectivity index (χ3v) is 9.86. The number of nitrogens with zero attached hydrogens (tertiary/aromatic N) is 5. The largest absolute Gasteiger partial charge is 0.508 e. The highest BCUT2D eigenvalue weighted by molar-refractivity contribution is 6.02. The number of fused-ring (bicyclic) bond motifs is 5. The van der Waals surface area contributed by atoms with Crippen LogP contribution >= 0.6 is 0 Å². The van der Waals surface area contributed by atoms with Gasteiger partial charge in [0.15, 0.2) is 5.82 Å². The summed E-state index contributed by atoms with van der Waals surface area (Å²) in [6.45, 7) is 3.61. The Kier molecular flexibility index (Phi) is 6.17. The summed E-state index contributed by atoms with van der Waals surface area (Å²) in [6.07, 6.45) is 3.54. The number of phenols is 1. The van der Waals surface area contributed by atoms with Crippen molar-refractivity contribution in [3.8, 4) is 23.0 Å². The summed E-state index contributed by atoms with van der Waals surface area (Å²) in [5.41, 5.74) is -0.0220. The number of nitrogens with one attached hydrogen (secondary N) is 1. The summed E-state index contributed by atoms with van der Waals surface area (Å²) in [7, 11) is 0. The predicted octanol–water partition coefficient (Wildman–Crippen LogP) is 4.42. The lowest BCUT2D eigenvalue weighted by atomic mass is 9.94. The van der Waals surface area contributed by atoms with Gasteiger partial charge in [0.25, 0.3) is 0 Å². The van der Waals surface area contributed by atoms with Crippen molar-refractivity contribution in [3.63, 3.8) is 0 Å². The van der Waals surface area contributed by atoms with Crippen LogP contribution in [0, 0.1) is 11.6 Å². The molecule has 0 radical (unpaired) electrons. The minimum atomic E-state index is -0.938. The second-order valence-electron chi connectivity index (χ2n) is 12.5. The third-order valence-electron chi connectivity index (χ3n) is 9.86. The van der Waals surface area contributed by atoms with Crippen LogP contribution in [0.3, 0.4) is 0 Å². The fourth-order valence-electron chi connectivity index (χ4n) is 7.89. The number of aromatic hydroxyl groups is 1. The van der Waals surface area contributed by atoms with E-state index in [2.05, 4.69) is 25.2 Å². The van der Waals surface area contributed by atoms with Crippen molar-refractivity contribution in [2.24, 2.45) is 0 Å². The van der Waals surface area contributed by atoms with Gasteiger partial charge in [0, 0.05) is 37.3 Å². The minimum Gasteiger partial charge on any atom is -0.508 e. The number of aryl methyl sites for hydroxylation is 1. The molecule has 6 heterocycles. The molecule has 4 aromatic rings. The van der Waals surface area contributed by atoms with Gasteiger partial charge in [-0.2, -0.15) is 9.97 Å². The molecule has 4 saturated heterocycles. The Hall–Kier alpha value is -4.19. The molecule has 2 aromatic carbocycles. The van der Waals surface area contributed by atoms with Crippen molar-refractivity contribution in [2.75, 3.05) is 31.1 Å². The number of halogens is 3. The molecule has 4 aliphatic rings. The summed E-state index contributed by atoms with van der Waals surface area (Å²) in [5, 5.41) is 14.8. The fourth-order valence-corrected chi connectivity index (χ4v) is 7.89. The van der Waals surface area contributed by atoms with Gasteiger partial charge in [-0.25, -0.2) is 13.2 Å². The standard InChI is InChI=1S/C32H31F3N6O3/c1-2-20-23(34)5-4-16-8-19(42)10-21(25(16)20)27-26(35)28-22(12-36-27)29(41-14-18-9-24(41)30(43)37-18)39-31(38-28)44-15-32-6-3-7-40(32)13-17(33)11-32/h4-5,8,10,12,17-18,24,42H,2-3,6-7,9,11,13-15H2,1H3,(H,37,43)/t17-,18-,24-,32?/m1/s1. The fraction of sp³-hybridized carbons (Fsp3) is 0.438. The van der Waals surface area contributed by atoms with Gasteiger partial charge < -0.3 is 20.1 Å².